The first-order chi connectivity index (χ1) is 12.1. The van der Waals surface area contributed by atoms with E-state index in [2.05, 4.69) is 5.32 Å². The predicted octanol–water partition coefficient (Wildman–Crippen LogP) is 3.07. The number of rotatable bonds is 8. The molecular weight excluding hydrogens is 322 g/mol. The Bertz CT molecular complexity index is 696. The van der Waals surface area contributed by atoms with E-state index in [0.717, 1.165) is 11.3 Å². The van der Waals surface area contributed by atoms with Crippen LogP contribution in [0.5, 0.6) is 17.2 Å². The van der Waals surface area contributed by atoms with Gasteiger partial charge >= 0.3 is 0 Å². The van der Waals surface area contributed by atoms with E-state index in [1.807, 2.05) is 19.1 Å². The van der Waals surface area contributed by atoms with Crippen LogP contribution in [0.2, 0.25) is 0 Å². The van der Waals surface area contributed by atoms with Gasteiger partial charge in [0.1, 0.15) is 5.76 Å². The number of nitrogens with one attached hydrogen (secondary N) is 1. The van der Waals surface area contributed by atoms with Gasteiger partial charge in [0.15, 0.2) is 11.5 Å². The molecule has 25 heavy (non-hydrogen) atoms. The molecule has 1 heterocycles. The van der Waals surface area contributed by atoms with Crippen molar-refractivity contribution in [2.75, 3.05) is 21.3 Å². The number of methoxy groups -OCH3 is 3. The van der Waals surface area contributed by atoms with E-state index in [0.29, 0.717) is 23.7 Å². The maximum absolute atomic E-state index is 12.1. The van der Waals surface area contributed by atoms with Crippen LogP contribution < -0.4 is 19.5 Å². The van der Waals surface area contributed by atoms with Crippen molar-refractivity contribution < 1.29 is 23.4 Å². The summed E-state index contributed by atoms with van der Waals surface area (Å²) < 4.78 is 21.2. The lowest BCUT2D eigenvalue weighted by atomic mass is 10.1. The molecule has 1 amide bonds. The highest BCUT2D eigenvalue weighted by Crippen LogP contribution is 2.38. The number of hydrogen-bond acceptors (Lipinski definition) is 5. The number of carbonyl (C=O) groups is 1. The second kappa shape index (κ2) is 8.82. The third-order valence-corrected chi connectivity index (χ3v) is 3.59. The molecule has 0 spiro atoms. The number of ether oxygens (including phenoxy) is 3. The molecule has 1 aromatic heterocycles. The van der Waals surface area contributed by atoms with Crippen LogP contribution in [0.4, 0.5) is 0 Å². The highest BCUT2D eigenvalue weighted by atomic mass is 16.5. The molecule has 0 aliphatic rings. The Labute approximate surface area is 147 Å². The van der Waals surface area contributed by atoms with Gasteiger partial charge in [0.2, 0.25) is 11.7 Å². The van der Waals surface area contributed by atoms with E-state index in [-0.39, 0.29) is 11.9 Å². The van der Waals surface area contributed by atoms with Crippen molar-refractivity contribution in [3.8, 4) is 17.2 Å². The topological polar surface area (TPSA) is 69.9 Å². The molecule has 1 unspecified atom stereocenters. The fraction of sp³-hybridized carbons (Fsp3) is 0.316. The summed E-state index contributed by atoms with van der Waals surface area (Å²) in [5, 5.41) is 2.90. The Morgan fingerprint density at radius 3 is 2.40 bits per heavy atom. The summed E-state index contributed by atoms with van der Waals surface area (Å²) in [6, 6.07) is 7.22. The van der Waals surface area contributed by atoms with Crippen LogP contribution in [0.3, 0.4) is 0 Å². The summed E-state index contributed by atoms with van der Waals surface area (Å²) in [7, 11) is 4.64. The van der Waals surface area contributed by atoms with Gasteiger partial charge in [-0.1, -0.05) is 0 Å². The van der Waals surface area contributed by atoms with Gasteiger partial charge in [0.25, 0.3) is 0 Å². The van der Waals surface area contributed by atoms with Crippen LogP contribution >= 0.6 is 0 Å². The third kappa shape index (κ3) is 5.04. The minimum absolute atomic E-state index is 0.0387. The SMILES string of the molecule is COc1cc(/C=C/C(=O)NC(C)Cc2ccco2)cc(OC)c1OC. The highest BCUT2D eigenvalue weighted by Gasteiger charge is 2.12. The summed E-state index contributed by atoms with van der Waals surface area (Å²) in [4.78, 5) is 12.1. The predicted molar refractivity (Wildman–Crippen MR) is 95.1 cm³/mol. The molecular formula is C19H23NO5. The van der Waals surface area contributed by atoms with E-state index in [4.69, 9.17) is 18.6 Å². The van der Waals surface area contributed by atoms with Crippen molar-refractivity contribution in [3.63, 3.8) is 0 Å². The second-order valence-corrected chi connectivity index (χ2v) is 5.49. The van der Waals surface area contributed by atoms with Crippen LogP contribution in [0.1, 0.15) is 18.2 Å². The molecule has 0 fully saturated rings. The van der Waals surface area contributed by atoms with Crippen LogP contribution in [0.25, 0.3) is 6.08 Å². The van der Waals surface area contributed by atoms with E-state index < -0.39 is 0 Å². The zero-order chi connectivity index (χ0) is 18.2. The van der Waals surface area contributed by atoms with Crippen LogP contribution in [0, 0.1) is 0 Å². The molecule has 2 rings (SSSR count). The number of carbonyl (C=O) groups excluding carboxylic acids is 1. The zero-order valence-electron chi connectivity index (χ0n) is 14.9. The standard InChI is InChI=1S/C19H23NO5/c1-13(10-15-6-5-9-25-15)20-18(21)8-7-14-11-16(22-2)19(24-4)17(12-14)23-3/h5-9,11-13H,10H2,1-4H3,(H,20,21)/b8-7+. The van der Waals surface area contributed by atoms with Gasteiger partial charge in [-0.2, -0.15) is 0 Å². The number of hydrogen-bond donors (Lipinski definition) is 1. The van der Waals surface area contributed by atoms with Crippen molar-refractivity contribution in [3.05, 3.63) is 47.9 Å². The molecule has 6 nitrogen and oxygen atoms in total. The summed E-state index contributed by atoms with van der Waals surface area (Å²) >= 11 is 0. The van der Waals surface area contributed by atoms with Gasteiger partial charge in [0.05, 0.1) is 27.6 Å². The van der Waals surface area contributed by atoms with Crippen molar-refractivity contribution in [1.29, 1.82) is 0 Å². The summed E-state index contributed by atoms with van der Waals surface area (Å²) in [5.41, 5.74) is 0.767. The fourth-order valence-electron chi connectivity index (χ4n) is 2.44. The Morgan fingerprint density at radius 1 is 1.20 bits per heavy atom. The minimum Gasteiger partial charge on any atom is -0.493 e. The molecule has 0 saturated heterocycles. The van der Waals surface area contributed by atoms with Gasteiger partial charge < -0.3 is 23.9 Å². The Kier molecular flexibility index (Phi) is 6.51. The van der Waals surface area contributed by atoms with Crippen molar-refractivity contribution in [1.82, 2.24) is 5.32 Å². The Balaban J connectivity index is 2.03. The largest absolute Gasteiger partial charge is 0.493 e. The molecule has 0 bridgehead atoms. The Hall–Kier alpha value is -2.89. The fourth-order valence-corrected chi connectivity index (χ4v) is 2.44. The normalized spacial score (nSPS) is 12.0. The molecule has 0 radical (unpaired) electrons. The number of furan rings is 1. The molecule has 134 valence electrons. The quantitative estimate of drug-likeness (QED) is 0.745. The molecule has 1 aromatic carbocycles. The second-order valence-electron chi connectivity index (χ2n) is 5.49. The van der Waals surface area contributed by atoms with Crippen molar-refractivity contribution in [2.45, 2.75) is 19.4 Å². The van der Waals surface area contributed by atoms with Gasteiger partial charge in [-0.15, -0.1) is 0 Å². The number of amides is 1. The van der Waals surface area contributed by atoms with Gasteiger partial charge in [-0.3, -0.25) is 4.79 Å². The summed E-state index contributed by atoms with van der Waals surface area (Å²) in [6.45, 7) is 1.92. The molecule has 6 heteroatoms. The molecule has 1 N–H and O–H groups in total. The average molecular weight is 345 g/mol. The molecule has 0 saturated carbocycles. The maximum atomic E-state index is 12.1. The first-order valence-corrected chi connectivity index (χ1v) is 7.88. The van der Waals surface area contributed by atoms with Gasteiger partial charge in [-0.05, 0) is 42.8 Å². The van der Waals surface area contributed by atoms with Crippen LogP contribution in [0.15, 0.2) is 41.0 Å². The van der Waals surface area contributed by atoms with Gasteiger partial charge in [-0.25, -0.2) is 0 Å². The maximum Gasteiger partial charge on any atom is 0.244 e. The highest BCUT2D eigenvalue weighted by molar-refractivity contribution is 5.92. The van der Waals surface area contributed by atoms with E-state index in [1.54, 1.807) is 45.8 Å². The van der Waals surface area contributed by atoms with E-state index >= 15 is 0 Å². The third-order valence-electron chi connectivity index (χ3n) is 3.59. The molecule has 0 aliphatic carbocycles. The monoisotopic (exact) mass is 345 g/mol. The lowest BCUT2D eigenvalue weighted by molar-refractivity contribution is -0.117. The molecule has 2 aromatic rings. The van der Waals surface area contributed by atoms with Crippen LogP contribution in [-0.2, 0) is 11.2 Å². The van der Waals surface area contributed by atoms with Gasteiger partial charge in [0, 0.05) is 18.5 Å². The Morgan fingerprint density at radius 2 is 1.88 bits per heavy atom. The van der Waals surface area contributed by atoms with E-state index in [9.17, 15) is 4.79 Å². The summed E-state index contributed by atoms with van der Waals surface area (Å²) in [5.74, 6) is 2.23. The smallest absolute Gasteiger partial charge is 0.244 e. The minimum atomic E-state index is -0.187. The molecule has 1 atom stereocenters. The first kappa shape index (κ1) is 18.4. The molecule has 0 aliphatic heterocycles. The lowest BCUT2D eigenvalue weighted by Crippen LogP contribution is -2.32. The average Bonchev–Trinajstić information content (AvgIpc) is 3.11. The lowest BCUT2D eigenvalue weighted by Gasteiger charge is -2.13. The summed E-state index contributed by atoms with van der Waals surface area (Å²) in [6.07, 6.45) is 5.42. The van der Waals surface area contributed by atoms with Crippen molar-refractivity contribution >= 4 is 12.0 Å². The van der Waals surface area contributed by atoms with Crippen LogP contribution in [-0.4, -0.2) is 33.3 Å². The zero-order valence-corrected chi connectivity index (χ0v) is 14.9. The number of benzene rings is 1. The first-order valence-electron chi connectivity index (χ1n) is 7.88. The van der Waals surface area contributed by atoms with E-state index in [1.165, 1.54) is 6.08 Å². The van der Waals surface area contributed by atoms with Crippen molar-refractivity contribution in [2.24, 2.45) is 0 Å².